The molecule has 12 heteroatoms. The molecule has 1 amide bonds. The van der Waals surface area contributed by atoms with Gasteiger partial charge in [-0.15, -0.1) is 0 Å². The van der Waals surface area contributed by atoms with Gasteiger partial charge in [-0.2, -0.15) is 4.31 Å². The van der Waals surface area contributed by atoms with E-state index < -0.39 is 14.9 Å². The number of hydrogen-bond acceptors (Lipinski definition) is 8. The van der Waals surface area contributed by atoms with Crippen LogP contribution in [0.1, 0.15) is 12.0 Å². The van der Waals surface area contributed by atoms with Crippen molar-refractivity contribution in [3.8, 4) is 5.75 Å². The molecule has 2 aromatic carbocycles. The van der Waals surface area contributed by atoms with Crippen LogP contribution in [0.3, 0.4) is 0 Å². The lowest BCUT2D eigenvalue weighted by atomic mass is 10.2. The van der Waals surface area contributed by atoms with Crippen LogP contribution in [0.5, 0.6) is 5.75 Å². The summed E-state index contributed by atoms with van der Waals surface area (Å²) in [5, 5.41) is 11.8. The van der Waals surface area contributed by atoms with Gasteiger partial charge in [0, 0.05) is 45.3 Å². The summed E-state index contributed by atoms with van der Waals surface area (Å²) in [6.45, 7) is 4.88. The molecule has 0 N–H and O–H groups in total. The summed E-state index contributed by atoms with van der Waals surface area (Å²) >= 11 is 0. The van der Waals surface area contributed by atoms with Crippen molar-refractivity contribution in [2.75, 3.05) is 64.0 Å². The van der Waals surface area contributed by atoms with E-state index in [9.17, 15) is 23.3 Å². The zero-order chi connectivity index (χ0) is 25.7. The molecule has 11 nitrogen and oxygen atoms in total. The first-order valence-electron chi connectivity index (χ1n) is 11.8. The van der Waals surface area contributed by atoms with Crippen LogP contribution in [0, 0.1) is 17.0 Å². The highest BCUT2D eigenvalue weighted by Crippen LogP contribution is 2.32. The zero-order valence-corrected chi connectivity index (χ0v) is 21.0. The molecule has 0 unspecified atom stereocenters. The smallest absolute Gasteiger partial charge is 0.293 e. The van der Waals surface area contributed by atoms with Crippen LogP contribution in [0.15, 0.2) is 47.4 Å². The molecule has 0 aliphatic carbocycles. The minimum atomic E-state index is -3.85. The highest BCUT2D eigenvalue weighted by molar-refractivity contribution is 7.89. The number of nitro benzene ring substituents is 1. The van der Waals surface area contributed by atoms with Crippen molar-refractivity contribution in [3.05, 3.63) is 58.1 Å². The predicted molar refractivity (Wildman–Crippen MR) is 133 cm³/mol. The van der Waals surface area contributed by atoms with Crippen molar-refractivity contribution in [2.45, 2.75) is 18.2 Å². The first kappa shape index (κ1) is 25.9. The quantitative estimate of drug-likeness (QED) is 0.384. The van der Waals surface area contributed by atoms with Gasteiger partial charge in [-0.05, 0) is 36.8 Å². The molecule has 2 aliphatic rings. The zero-order valence-electron chi connectivity index (χ0n) is 20.2. The number of hydrogen-bond donors (Lipinski definition) is 0. The molecule has 0 radical (unpaired) electrons. The molecule has 2 heterocycles. The van der Waals surface area contributed by atoms with Crippen LogP contribution in [-0.2, 0) is 19.6 Å². The van der Waals surface area contributed by atoms with E-state index in [0.717, 1.165) is 17.4 Å². The molecule has 36 heavy (non-hydrogen) atoms. The third-order valence-electron chi connectivity index (χ3n) is 6.30. The molecule has 2 saturated heterocycles. The van der Waals surface area contributed by atoms with Gasteiger partial charge in [0.05, 0.1) is 36.1 Å². The van der Waals surface area contributed by atoms with Gasteiger partial charge in [-0.25, -0.2) is 8.42 Å². The first-order chi connectivity index (χ1) is 17.3. The number of carbonyl (C=O) groups is 1. The molecular weight excluding hydrogens is 488 g/mol. The number of rotatable bonds is 8. The predicted octanol–water partition coefficient (Wildman–Crippen LogP) is 2.04. The van der Waals surface area contributed by atoms with Gasteiger partial charge in [0.25, 0.3) is 5.69 Å². The van der Waals surface area contributed by atoms with Crippen molar-refractivity contribution in [3.63, 3.8) is 0 Å². The fraction of sp³-hybridized carbons (Fsp3) is 0.458. The maximum absolute atomic E-state index is 12.9. The molecular formula is C24H30N4O7S. The standard InChI is InChI=1S/C24H30N4O7S/c1-19-3-2-4-20(17-19)35-14-7-24(29)26-10-8-25(9-11-26)22-6-5-21(18-23(22)28(30)31)36(32,33)27-12-15-34-16-13-27/h2-6,17-18H,7-16H2,1H3. The molecule has 0 atom stereocenters. The van der Waals surface area contributed by atoms with E-state index in [-0.39, 0.29) is 42.6 Å². The molecule has 2 aliphatic heterocycles. The summed E-state index contributed by atoms with van der Waals surface area (Å²) < 4.78 is 38.0. The molecule has 0 bridgehead atoms. The second-order valence-electron chi connectivity index (χ2n) is 8.71. The number of sulfonamides is 1. The number of morpholine rings is 1. The van der Waals surface area contributed by atoms with Gasteiger partial charge in [-0.3, -0.25) is 14.9 Å². The van der Waals surface area contributed by atoms with E-state index in [1.807, 2.05) is 36.1 Å². The molecule has 194 valence electrons. The van der Waals surface area contributed by atoms with Gasteiger partial charge < -0.3 is 19.3 Å². The number of amides is 1. The van der Waals surface area contributed by atoms with Crippen LogP contribution >= 0.6 is 0 Å². The number of carbonyl (C=O) groups excluding carboxylic acids is 1. The topological polar surface area (TPSA) is 123 Å². The Hall–Kier alpha value is -3.22. The van der Waals surface area contributed by atoms with Gasteiger partial charge in [0.15, 0.2) is 0 Å². The Balaban J connectivity index is 1.37. The lowest BCUT2D eigenvalue weighted by molar-refractivity contribution is -0.384. The second-order valence-corrected chi connectivity index (χ2v) is 10.6. The van der Waals surface area contributed by atoms with Crippen molar-refractivity contribution < 1.29 is 27.6 Å². The Bertz CT molecular complexity index is 1210. The number of benzene rings is 2. The summed E-state index contributed by atoms with van der Waals surface area (Å²) in [4.78, 5) is 27.3. The fourth-order valence-corrected chi connectivity index (χ4v) is 5.76. The highest BCUT2D eigenvalue weighted by Gasteiger charge is 2.31. The molecule has 2 aromatic rings. The Morgan fingerprint density at radius 3 is 2.44 bits per heavy atom. The molecule has 2 fully saturated rings. The minimum absolute atomic E-state index is 0.0382. The number of aryl methyl sites for hydroxylation is 1. The summed E-state index contributed by atoms with van der Waals surface area (Å²) in [6, 6.07) is 11.6. The summed E-state index contributed by atoms with van der Waals surface area (Å²) in [7, 11) is -3.85. The maximum atomic E-state index is 12.9. The van der Waals surface area contributed by atoms with E-state index in [1.165, 1.54) is 16.4 Å². The van der Waals surface area contributed by atoms with Crippen molar-refractivity contribution in [1.29, 1.82) is 0 Å². The molecule has 0 aromatic heterocycles. The van der Waals surface area contributed by atoms with Gasteiger partial charge in [-0.1, -0.05) is 12.1 Å². The SMILES string of the molecule is Cc1cccc(OCCC(=O)N2CCN(c3ccc(S(=O)(=O)N4CCOCC4)cc3[N+](=O)[O-])CC2)c1. The van der Waals surface area contributed by atoms with Gasteiger partial charge in [0.1, 0.15) is 11.4 Å². The van der Waals surface area contributed by atoms with E-state index in [4.69, 9.17) is 9.47 Å². The Morgan fingerprint density at radius 2 is 1.78 bits per heavy atom. The Labute approximate surface area is 210 Å². The summed E-state index contributed by atoms with van der Waals surface area (Å²) in [5.41, 5.74) is 1.15. The van der Waals surface area contributed by atoms with Crippen LogP contribution in [-0.4, -0.2) is 87.5 Å². The van der Waals surface area contributed by atoms with Gasteiger partial charge >= 0.3 is 0 Å². The average Bonchev–Trinajstić information content (AvgIpc) is 2.89. The monoisotopic (exact) mass is 518 g/mol. The number of nitrogens with zero attached hydrogens (tertiary/aromatic N) is 4. The van der Waals surface area contributed by atoms with Crippen LogP contribution in [0.25, 0.3) is 0 Å². The number of anilines is 1. The third kappa shape index (κ3) is 5.94. The maximum Gasteiger partial charge on any atom is 0.293 e. The van der Waals surface area contributed by atoms with Crippen LogP contribution in [0.4, 0.5) is 11.4 Å². The second kappa shape index (κ2) is 11.2. The highest BCUT2D eigenvalue weighted by atomic mass is 32.2. The molecule has 0 saturated carbocycles. The Kier molecular flexibility index (Phi) is 8.07. The molecule has 4 rings (SSSR count). The first-order valence-corrected chi connectivity index (χ1v) is 13.3. The summed E-state index contributed by atoms with van der Waals surface area (Å²) in [5.74, 6) is 0.683. The van der Waals surface area contributed by atoms with Crippen molar-refractivity contribution >= 4 is 27.3 Å². The summed E-state index contributed by atoms with van der Waals surface area (Å²) in [6.07, 6.45) is 0.238. The third-order valence-corrected chi connectivity index (χ3v) is 8.19. The fourth-order valence-electron chi connectivity index (χ4n) is 4.33. The van der Waals surface area contributed by atoms with Crippen LogP contribution < -0.4 is 9.64 Å². The average molecular weight is 519 g/mol. The number of piperazine rings is 1. The lowest BCUT2D eigenvalue weighted by Gasteiger charge is -2.36. The normalized spacial score (nSPS) is 17.1. The Morgan fingerprint density at radius 1 is 1.06 bits per heavy atom. The number of nitro groups is 1. The molecule has 0 spiro atoms. The largest absolute Gasteiger partial charge is 0.493 e. The number of ether oxygens (including phenoxy) is 2. The van der Waals surface area contributed by atoms with Crippen molar-refractivity contribution in [2.24, 2.45) is 0 Å². The van der Waals surface area contributed by atoms with E-state index in [0.29, 0.717) is 45.1 Å². The lowest BCUT2D eigenvalue weighted by Crippen LogP contribution is -2.49. The van der Waals surface area contributed by atoms with E-state index in [2.05, 4.69) is 0 Å². The van der Waals surface area contributed by atoms with E-state index >= 15 is 0 Å². The minimum Gasteiger partial charge on any atom is -0.493 e. The van der Waals surface area contributed by atoms with Crippen LogP contribution in [0.2, 0.25) is 0 Å². The van der Waals surface area contributed by atoms with E-state index in [1.54, 1.807) is 4.90 Å². The van der Waals surface area contributed by atoms with Crippen molar-refractivity contribution in [1.82, 2.24) is 9.21 Å². The van der Waals surface area contributed by atoms with Gasteiger partial charge in [0.2, 0.25) is 15.9 Å².